The number of halogens is 6. The molecule has 0 rings (SSSR count). The summed E-state index contributed by atoms with van der Waals surface area (Å²) >= 11 is -33.8. The van der Waals surface area contributed by atoms with Crippen LogP contribution in [0, 0.1) is 0 Å². The van der Waals surface area contributed by atoms with Crippen molar-refractivity contribution >= 4 is 107 Å². The van der Waals surface area contributed by atoms with Crippen molar-refractivity contribution in [1.29, 1.82) is 0 Å². The minimum Gasteiger partial charge on any atom is 0 e. The van der Waals surface area contributed by atoms with Gasteiger partial charge in [-0.2, -0.15) is 0 Å². The summed E-state index contributed by atoms with van der Waals surface area (Å²) in [5, 5.41) is 0. The fourth-order valence-electron chi connectivity index (χ4n) is 0. The van der Waals surface area contributed by atoms with Crippen molar-refractivity contribution in [2.45, 2.75) is 0 Å². The predicted octanol–water partition coefficient (Wildman–Crippen LogP) is -8.37. The van der Waals surface area contributed by atoms with Crippen LogP contribution in [0.1, 0.15) is 0 Å². The van der Waals surface area contributed by atoms with Gasteiger partial charge >= 0.3 is 180 Å². The van der Waals surface area contributed by atoms with E-state index < -0.39 is 87.9 Å². The smallest absolute Gasteiger partial charge is 0 e. The SMILES string of the molecule is O.O=[As](O)(O)F.O=[As](O)(O)F.O=[As](O)(O)F.O=[As](O)(O)F.O=[As](O)(O)F.O=[As](O)(O)F.[Li]. The molecule has 0 aliphatic heterocycles. The van der Waals surface area contributed by atoms with E-state index in [4.69, 9.17) is 71.6 Å². The van der Waals surface area contributed by atoms with Crippen LogP contribution < -0.4 is 0 Å². The van der Waals surface area contributed by atoms with Crippen LogP contribution in [0.2, 0.25) is 0 Å². The molecule has 0 fully saturated rings. The molecule has 0 heterocycles. The average molecular weight is 889 g/mol. The third kappa shape index (κ3) is 9240. The summed E-state index contributed by atoms with van der Waals surface area (Å²) in [5.41, 5.74) is 0. The molecule has 0 saturated heterocycles. The average Bonchev–Trinajstić information content (AvgIpc) is 1.94. The second-order valence-electron chi connectivity index (χ2n) is 2.84. The van der Waals surface area contributed by atoms with E-state index in [1.807, 2.05) is 0 Å². The van der Waals surface area contributed by atoms with Crippen molar-refractivity contribution in [3.63, 3.8) is 0 Å². The third-order valence-corrected chi connectivity index (χ3v) is 0. The van der Waals surface area contributed by atoms with E-state index in [0.717, 1.165) is 0 Å². The van der Waals surface area contributed by atoms with E-state index in [9.17, 15) is 20.8 Å². The Balaban J connectivity index is -0.0000000356. The molecule has 0 bridgehead atoms. The van der Waals surface area contributed by atoms with Crippen molar-refractivity contribution in [1.82, 2.24) is 0 Å². The summed E-state index contributed by atoms with van der Waals surface area (Å²) in [7, 11) is 0. The topological polar surface area (TPSA) is 377 Å². The van der Waals surface area contributed by atoms with Gasteiger partial charge in [0, 0.05) is 18.9 Å². The first-order chi connectivity index (χ1) is 12.0. The fraction of sp³-hybridized carbons (Fsp3) is 0. The molecule has 0 aromatic carbocycles. The molecule has 19 nitrogen and oxygen atoms in total. The van der Waals surface area contributed by atoms with Gasteiger partial charge in [-0.3, -0.25) is 0 Å². The van der Waals surface area contributed by atoms with Crippen LogP contribution in [0.15, 0.2) is 0 Å². The third-order valence-electron chi connectivity index (χ3n) is 0. The van der Waals surface area contributed by atoms with Crippen LogP contribution in [0.25, 0.3) is 0 Å². The predicted molar refractivity (Wildman–Crippen MR) is 81.3 cm³/mol. The molecule has 0 saturated carbocycles. The minimum absolute atomic E-state index is 0. The first-order valence-electron chi connectivity index (χ1n) is 4.51. The van der Waals surface area contributed by atoms with Crippen LogP contribution in [-0.4, -0.2) is 161 Å². The summed E-state index contributed by atoms with van der Waals surface area (Å²) in [4.78, 5) is 0. The Morgan fingerprint density at radius 3 is 0.312 bits per heavy atom. The molecule has 0 aliphatic carbocycles. The second kappa shape index (κ2) is 23.2. The van der Waals surface area contributed by atoms with E-state index in [0.29, 0.717) is 0 Å². The standard InChI is InChI=1S/6AsFH2O3.Li.H2O/c6*2-1(3,4)5;;/h6*(H2,3,4,5);;1H2. The van der Waals surface area contributed by atoms with Crippen molar-refractivity contribution in [3.8, 4) is 0 Å². The van der Waals surface area contributed by atoms with E-state index in [1.165, 1.54) is 0 Å². The quantitative estimate of drug-likeness (QED) is 0.0794. The Morgan fingerprint density at radius 1 is 0.312 bits per heavy atom. The zero-order valence-electron chi connectivity index (χ0n) is 14.3. The summed E-state index contributed by atoms with van der Waals surface area (Å²) in [5.74, 6) is 0. The summed E-state index contributed by atoms with van der Waals surface area (Å²) in [6.45, 7) is 0. The van der Waals surface area contributed by atoms with Gasteiger partial charge in [-0.05, 0) is 0 Å². The molecule has 1 radical (unpaired) electrons. The Kier molecular flexibility index (Phi) is 39.6. The number of rotatable bonds is 0. The van der Waals surface area contributed by atoms with Gasteiger partial charge in [-0.1, -0.05) is 0 Å². The zero-order valence-corrected chi connectivity index (χ0v) is 25.5. The molecule has 0 aromatic heterocycles. The van der Waals surface area contributed by atoms with E-state index in [-0.39, 0.29) is 24.3 Å². The first-order valence-corrected chi connectivity index (χ1v) is 23.4. The normalized spacial score (nSPS) is 11.1. The largest absolute Gasteiger partial charge is 0 e. The van der Waals surface area contributed by atoms with Crippen LogP contribution in [0.4, 0.5) is 20.8 Å². The zero-order chi connectivity index (χ0) is 27.0. The molecule has 0 atom stereocenters. The van der Waals surface area contributed by atoms with E-state index >= 15 is 0 Å². The summed E-state index contributed by atoms with van der Waals surface area (Å²) in [6, 6.07) is 0. The Hall–Kier alpha value is 1.81. The molecular formula is H14As6F6LiO19. The van der Waals surface area contributed by atoms with Gasteiger partial charge in [0.1, 0.15) is 0 Å². The Morgan fingerprint density at radius 2 is 0.312 bits per heavy atom. The molecule has 0 unspecified atom stereocenters. The molecule has 0 spiro atoms. The minimum atomic E-state index is -5.62. The van der Waals surface area contributed by atoms with E-state index in [1.54, 1.807) is 0 Å². The van der Waals surface area contributed by atoms with Gasteiger partial charge in [-0.15, -0.1) is 0 Å². The van der Waals surface area contributed by atoms with E-state index in [2.05, 4.69) is 0 Å². The Bertz CT molecular complexity index is 480. The molecular weight excluding hydrogens is 874 g/mol. The van der Waals surface area contributed by atoms with Crippen LogP contribution in [0.5, 0.6) is 0 Å². The maximum absolute atomic E-state index is 10.4. The van der Waals surface area contributed by atoms with Crippen LogP contribution in [0.3, 0.4) is 0 Å². The van der Waals surface area contributed by atoms with Gasteiger partial charge in [0.25, 0.3) is 0 Å². The van der Waals surface area contributed by atoms with Crippen molar-refractivity contribution < 1.29 is 97.9 Å². The molecule has 14 N–H and O–H groups in total. The first kappa shape index (κ1) is 54.6. The molecule has 32 heavy (non-hydrogen) atoms. The van der Waals surface area contributed by atoms with Crippen molar-refractivity contribution in [3.05, 3.63) is 0 Å². The van der Waals surface area contributed by atoms with Gasteiger partial charge in [0.15, 0.2) is 0 Å². The van der Waals surface area contributed by atoms with Crippen molar-refractivity contribution in [2.24, 2.45) is 0 Å². The molecule has 0 amide bonds. The fourth-order valence-corrected chi connectivity index (χ4v) is 0. The summed E-state index contributed by atoms with van der Waals surface area (Å²) < 4.78 is 199. The van der Waals surface area contributed by atoms with Gasteiger partial charge < -0.3 is 5.48 Å². The second-order valence-corrected chi connectivity index (χ2v) is 14.7. The molecule has 0 aromatic rings. The Labute approximate surface area is 203 Å². The molecule has 201 valence electrons. The van der Waals surface area contributed by atoms with Gasteiger partial charge in [0.2, 0.25) is 0 Å². The maximum Gasteiger partial charge on any atom is 0 e. The number of hydrogen-bond acceptors (Lipinski definition) is 6. The van der Waals surface area contributed by atoms with Gasteiger partial charge in [0.05, 0.1) is 0 Å². The number of hydrogen-bond donors (Lipinski definition) is 12. The summed E-state index contributed by atoms with van der Waals surface area (Å²) in [6.07, 6.45) is 0. The van der Waals surface area contributed by atoms with Crippen molar-refractivity contribution in [2.75, 3.05) is 0 Å². The molecule has 0 aliphatic rings. The molecule has 32 heteroatoms. The maximum atomic E-state index is 10.4. The monoisotopic (exact) mass is 889 g/mol. The van der Waals surface area contributed by atoms with Gasteiger partial charge in [-0.25, -0.2) is 0 Å². The van der Waals surface area contributed by atoms with Crippen LogP contribution >= 0.6 is 0 Å². The van der Waals surface area contributed by atoms with Crippen LogP contribution in [-0.2, 0) is 22.4 Å².